The standard InChI is InChI=1S/C15H15FN2S/c1-9-4-3-5-10(2)14(9)18-13-7-6-11(16)8-12(13)15(17)19/h3-8,18H,1-2H3,(H2,17,19). The van der Waals surface area contributed by atoms with Gasteiger partial charge in [0, 0.05) is 16.9 Å². The molecule has 0 aliphatic heterocycles. The van der Waals surface area contributed by atoms with Crippen molar-refractivity contribution in [2.45, 2.75) is 13.8 Å². The van der Waals surface area contributed by atoms with Gasteiger partial charge in [-0.25, -0.2) is 4.39 Å². The van der Waals surface area contributed by atoms with Crippen molar-refractivity contribution in [3.63, 3.8) is 0 Å². The molecule has 4 heteroatoms. The number of para-hydroxylation sites is 1. The first-order chi connectivity index (χ1) is 8.99. The summed E-state index contributed by atoms with van der Waals surface area (Å²) in [6.07, 6.45) is 0. The van der Waals surface area contributed by atoms with Gasteiger partial charge in [-0.2, -0.15) is 0 Å². The first kappa shape index (κ1) is 13.5. The van der Waals surface area contributed by atoms with E-state index < -0.39 is 0 Å². The molecule has 0 aromatic heterocycles. The number of nitrogens with two attached hydrogens (primary N) is 1. The van der Waals surface area contributed by atoms with Crippen molar-refractivity contribution in [2.24, 2.45) is 5.73 Å². The number of aryl methyl sites for hydroxylation is 2. The Morgan fingerprint density at radius 2 is 1.79 bits per heavy atom. The highest BCUT2D eigenvalue weighted by atomic mass is 32.1. The van der Waals surface area contributed by atoms with Gasteiger partial charge in [0.2, 0.25) is 0 Å². The molecular formula is C15H15FN2S. The van der Waals surface area contributed by atoms with E-state index in [1.165, 1.54) is 12.1 Å². The van der Waals surface area contributed by atoms with Gasteiger partial charge in [-0.3, -0.25) is 0 Å². The molecule has 0 unspecified atom stereocenters. The lowest BCUT2D eigenvalue weighted by Crippen LogP contribution is -2.12. The van der Waals surface area contributed by atoms with Crippen molar-refractivity contribution in [2.75, 3.05) is 5.32 Å². The number of nitrogens with one attached hydrogen (secondary N) is 1. The second-order valence-corrected chi connectivity index (χ2v) is 4.89. The lowest BCUT2D eigenvalue weighted by Gasteiger charge is -2.15. The highest BCUT2D eigenvalue weighted by molar-refractivity contribution is 7.80. The van der Waals surface area contributed by atoms with Crippen LogP contribution in [-0.4, -0.2) is 4.99 Å². The van der Waals surface area contributed by atoms with Crippen LogP contribution in [0.2, 0.25) is 0 Å². The molecule has 0 aliphatic rings. The van der Waals surface area contributed by atoms with Crippen molar-refractivity contribution in [1.82, 2.24) is 0 Å². The summed E-state index contributed by atoms with van der Waals surface area (Å²) in [5.41, 5.74) is 10.1. The Labute approximate surface area is 117 Å². The summed E-state index contributed by atoms with van der Waals surface area (Å²) in [6.45, 7) is 4.03. The summed E-state index contributed by atoms with van der Waals surface area (Å²) < 4.78 is 13.3. The summed E-state index contributed by atoms with van der Waals surface area (Å²) >= 11 is 4.96. The molecule has 0 atom stereocenters. The minimum atomic E-state index is -0.352. The summed E-state index contributed by atoms with van der Waals surface area (Å²) in [4.78, 5) is 0.174. The Morgan fingerprint density at radius 1 is 1.16 bits per heavy atom. The summed E-state index contributed by atoms with van der Waals surface area (Å²) in [5, 5.41) is 3.28. The smallest absolute Gasteiger partial charge is 0.124 e. The number of rotatable bonds is 3. The van der Waals surface area contributed by atoms with Crippen LogP contribution < -0.4 is 11.1 Å². The van der Waals surface area contributed by atoms with Gasteiger partial charge in [-0.1, -0.05) is 30.4 Å². The lowest BCUT2D eigenvalue weighted by atomic mass is 10.1. The van der Waals surface area contributed by atoms with Crippen LogP contribution in [-0.2, 0) is 0 Å². The normalized spacial score (nSPS) is 10.3. The monoisotopic (exact) mass is 274 g/mol. The molecule has 3 N–H and O–H groups in total. The largest absolute Gasteiger partial charge is 0.389 e. The molecule has 0 heterocycles. The molecular weight excluding hydrogens is 259 g/mol. The Morgan fingerprint density at radius 3 is 2.37 bits per heavy atom. The molecule has 2 aromatic rings. The van der Waals surface area contributed by atoms with Gasteiger partial charge in [0.25, 0.3) is 0 Å². The second-order valence-electron chi connectivity index (χ2n) is 4.45. The molecule has 19 heavy (non-hydrogen) atoms. The third-order valence-corrected chi connectivity index (χ3v) is 3.21. The van der Waals surface area contributed by atoms with Gasteiger partial charge >= 0.3 is 0 Å². The lowest BCUT2D eigenvalue weighted by molar-refractivity contribution is 0.628. The molecule has 0 radical (unpaired) electrons. The number of benzene rings is 2. The van der Waals surface area contributed by atoms with Crippen LogP contribution in [0.1, 0.15) is 16.7 Å². The van der Waals surface area contributed by atoms with Gasteiger partial charge in [-0.15, -0.1) is 0 Å². The fourth-order valence-electron chi connectivity index (χ4n) is 1.98. The van der Waals surface area contributed by atoms with E-state index in [-0.39, 0.29) is 10.8 Å². The minimum Gasteiger partial charge on any atom is -0.389 e. The van der Waals surface area contributed by atoms with Crippen molar-refractivity contribution < 1.29 is 4.39 Å². The van der Waals surface area contributed by atoms with Crippen molar-refractivity contribution in [1.29, 1.82) is 0 Å². The van der Waals surface area contributed by atoms with Gasteiger partial charge < -0.3 is 11.1 Å². The maximum atomic E-state index is 13.3. The summed E-state index contributed by atoms with van der Waals surface area (Å²) in [5.74, 6) is -0.352. The Kier molecular flexibility index (Phi) is 3.81. The van der Waals surface area contributed by atoms with Crippen LogP contribution in [0.5, 0.6) is 0 Å². The second kappa shape index (κ2) is 5.36. The van der Waals surface area contributed by atoms with Gasteiger partial charge in [0.05, 0.1) is 0 Å². The summed E-state index contributed by atoms with van der Waals surface area (Å²) in [7, 11) is 0. The molecule has 0 fully saturated rings. The number of thiocarbonyl (C=S) groups is 1. The highest BCUT2D eigenvalue weighted by Gasteiger charge is 2.09. The first-order valence-electron chi connectivity index (χ1n) is 5.91. The fraction of sp³-hybridized carbons (Fsp3) is 0.133. The number of halogens is 1. The molecule has 98 valence electrons. The predicted molar refractivity (Wildman–Crippen MR) is 81.5 cm³/mol. The molecule has 0 amide bonds. The maximum Gasteiger partial charge on any atom is 0.124 e. The minimum absolute atomic E-state index is 0.174. The molecule has 0 saturated carbocycles. The Bertz CT molecular complexity index is 618. The van der Waals surface area contributed by atoms with Gasteiger partial charge in [0.1, 0.15) is 10.8 Å². The molecule has 2 aromatic carbocycles. The van der Waals surface area contributed by atoms with Gasteiger partial charge in [0.15, 0.2) is 0 Å². The maximum absolute atomic E-state index is 13.3. The Hall–Kier alpha value is -1.94. The van der Waals surface area contributed by atoms with Crippen molar-refractivity contribution in [3.8, 4) is 0 Å². The fourth-order valence-corrected chi connectivity index (χ4v) is 2.14. The zero-order valence-corrected chi connectivity index (χ0v) is 11.6. The average Bonchev–Trinajstić information content (AvgIpc) is 2.35. The van der Waals surface area contributed by atoms with Crippen LogP contribution in [0, 0.1) is 19.7 Å². The van der Waals surface area contributed by atoms with E-state index in [1.54, 1.807) is 6.07 Å². The molecule has 0 spiro atoms. The van der Waals surface area contributed by atoms with Crippen LogP contribution in [0.3, 0.4) is 0 Å². The number of anilines is 2. The third kappa shape index (κ3) is 2.90. The Balaban J connectivity index is 2.47. The molecule has 0 aliphatic carbocycles. The zero-order valence-electron chi connectivity index (χ0n) is 10.8. The molecule has 0 bridgehead atoms. The molecule has 2 rings (SSSR count). The summed E-state index contributed by atoms with van der Waals surface area (Å²) in [6, 6.07) is 10.4. The topological polar surface area (TPSA) is 38.0 Å². The van der Waals surface area contributed by atoms with E-state index in [0.717, 1.165) is 16.8 Å². The number of hydrogen-bond acceptors (Lipinski definition) is 2. The van der Waals surface area contributed by atoms with E-state index in [1.807, 2.05) is 32.0 Å². The average molecular weight is 274 g/mol. The van der Waals surface area contributed by atoms with Crippen LogP contribution in [0.4, 0.5) is 15.8 Å². The zero-order chi connectivity index (χ0) is 14.0. The third-order valence-electron chi connectivity index (χ3n) is 2.99. The van der Waals surface area contributed by atoms with E-state index in [0.29, 0.717) is 11.3 Å². The van der Waals surface area contributed by atoms with Crippen molar-refractivity contribution in [3.05, 3.63) is 58.9 Å². The van der Waals surface area contributed by atoms with Crippen LogP contribution in [0.25, 0.3) is 0 Å². The highest BCUT2D eigenvalue weighted by Crippen LogP contribution is 2.27. The van der Waals surface area contributed by atoms with Crippen molar-refractivity contribution >= 4 is 28.6 Å². The van der Waals surface area contributed by atoms with E-state index in [9.17, 15) is 4.39 Å². The van der Waals surface area contributed by atoms with E-state index >= 15 is 0 Å². The van der Waals surface area contributed by atoms with Crippen LogP contribution in [0.15, 0.2) is 36.4 Å². The first-order valence-corrected chi connectivity index (χ1v) is 6.32. The number of hydrogen-bond donors (Lipinski definition) is 2. The van der Waals surface area contributed by atoms with E-state index in [4.69, 9.17) is 18.0 Å². The van der Waals surface area contributed by atoms with E-state index in [2.05, 4.69) is 5.32 Å². The van der Waals surface area contributed by atoms with Crippen LogP contribution >= 0.6 is 12.2 Å². The van der Waals surface area contributed by atoms with Gasteiger partial charge in [-0.05, 0) is 43.2 Å². The molecule has 2 nitrogen and oxygen atoms in total. The molecule has 0 saturated heterocycles. The quantitative estimate of drug-likeness (QED) is 0.836. The SMILES string of the molecule is Cc1cccc(C)c1Nc1ccc(F)cc1C(N)=S. The predicted octanol–water partition coefficient (Wildman–Crippen LogP) is 3.82.